The first kappa shape index (κ1) is 23.6. The third kappa shape index (κ3) is 3.96. The number of benzene rings is 2. The Morgan fingerprint density at radius 2 is 1.92 bits per heavy atom. The van der Waals surface area contributed by atoms with E-state index in [1.54, 1.807) is 22.8 Å². The lowest BCUT2D eigenvalue weighted by Gasteiger charge is -2.28. The molecule has 1 saturated heterocycles. The van der Waals surface area contributed by atoms with Crippen LogP contribution in [0.4, 0.5) is 5.82 Å². The number of nitrogens with one attached hydrogen (secondary N) is 1. The maximum absolute atomic E-state index is 14.0. The first-order chi connectivity index (χ1) is 18.0. The predicted octanol–water partition coefficient (Wildman–Crippen LogP) is 4.44. The Kier molecular flexibility index (Phi) is 5.92. The number of aryl methyl sites for hydroxylation is 1. The van der Waals surface area contributed by atoms with Crippen LogP contribution in [0.2, 0.25) is 5.02 Å². The van der Waals surface area contributed by atoms with Crippen LogP contribution in [0.25, 0.3) is 27.6 Å². The van der Waals surface area contributed by atoms with E-state index in [-0.39, 0.29) is 17.2 Å². The van der Waals surface area contributed by atoms with E-state index >= 15 is 0 Å². The molecule has 0 spiro atoms. The first-order valence-electron chi connectivity index (χ1n) is 11.8. The molecule has 1 N–H and O–H groups in total. The van der Waals surface area contributed by atoms with Crippen LogP contribution < -0.4 is 16.0 Å². The minimum atomic E-state index is -0.316. The van der Waals surface area contributed by atoms with Gasteiger partial charge in [-0.05, 0) is 55.9 Å². The monoisotopic (exact) mass is 531 g/mol. The molecule has 0 unspecified atom stereocenters. The zero-order valence-corrected chi connectivity index (χ0v) is 21.7. The van der Waals surface area contributed by atoms with E-state index in [0.717, 1.165) is 18.4 Å². The molecule has 6 rings (SSSR count). The molecule has 11 heteroatoms. The Hall–Kier alpha value is -3.76. The summed E-state index contributed by atoms with van der Waals surface area (Å²) in [4.78, 5) is 50.0. The molecule has 0 saturated carbocycles. The van der Waals surface area contributed by atoms with Gasteiger partial charge < -0.3 is 9.88 Å². The van der Waals surface area contributed by atoms with Gasteiger partial charge in [0.1, 0.15) is 17.0 Å². The van der Waals surface area contributed by atoms with Crippen molar-refractivity contribution < 1.29 is 0 Å². The molecule has 1 aliphatic rings. The van der Waals surface area contributed by atoms with Crippen molar-refractivity contribution in [2.24, 2.45) is 0 Å². The summed E-state index contributed by atoms with van der Waals surface area (Å²) in [5.74, 6) is 1.06. The van der Waals surface area contributed by atoms with Crippen molar-refractivity contribution in [2.45, 2.75) is 31.0 Å². The van der Waals surface area contributed by atoms with Crippen molar-refractivity contribution in [3.05, 3.63) is 85.9 Å². The number of aromatic amines is 1. The average molecular weight is 532 g/mol. The summed E-state index contributed by atoms with van der Waals surface area (Å²) in [6, 6.07) is 12.7. The van der Waals surface area contributed by atoms with E-state index in [9.17, 15) is 9.59 Å². The number of rotatable bonds is 4. The molecular weight excluding hydrogens is 510 g/mol. The lowest BCUT2D eigenvalue weighted by Crippen LogP contribution is -2.33. The van der Waals surface area contributed by atoms with Gasteiger partial charge in [0.15, 0.2) is 10.8 Å². The molecule has 0 bridgehead atoms. The molecule has 1 atom stereocenters. The number of hydrogen-bond acceptors (Lipinski definition) is 8. The van der Waals surface area contributed by atoms with Gasteiger partial charge in [-0.3, -0.25) is 14.2 Å². The predicted molar refractivity (Wildman–Crippen MR) is 146 cm³/mol. The van der Waals surface area contributed by atoms with Crippen LogP contribution in [-0.2, 0) is 0 Å². The van der Waals surface area contributed by atoms with Crippen molar-refractivity contribution in [1.29, 1.82) is 0 Å². The van der Waals surface area contributed by atoms with Crippen LogP contribution in [0.15, 0.2) is 63.5 Å². The summed E-state index contributed by atoms with van der Waals surface area (Å²) in [6.07, 6.45) is 4.78. The third-order valence-corrected chi connectivity index (χ3v) is 7.46. The van der Waals surface area contributed by atoms with Gasteiger partial charge in [0, 0.05) is 6.54 Å². The molecule has 0 radical (unpaired) electrons. The van der Waals surface area contributed by atoms with Crippen LogP contribution in [0.1, 0.15) is 30.3 Å². The number of nitrogens with zero attached hydrogens (tertiary/aromatic N) is 6. The lowest BCUT2D eigenvalue weighted by atomic mass is 10.1. The Balaban J connectivity index is 1.64. The average Bonchev–Trinajstić information content (AvgIpc) is 3.38. The van der Waals surface area contributed by atoms with E-state index in [1.807, 2.05) is 42.3 Å². The minimum Gasteiger partial charge on any atom is -0.346 e. The summed E-state index contributed by atoms with van der Waals surface area (Å²) in [7, 11) is 0. The third-order valence-electron chi connectivity index (χ3n) is 6.60. The standard InChI is InChI=1S/C26H22ClN7O2S/c1-14-6-3-7-15(12-14)34-22(30-17-9-4-8-16(27)19(17)25(34)36)18-10-5-11-33(18)23-20-21(28-13-29-24(20)35)31-26(32-23)37-2/h3-4,6-9,12-13,18H,5,10-11H2,1-2H3,(H,28,29,31,32,35)/t18-/m0/s1. The van der Waals surface area contributed by atoms with Crippen LogP contribution in [0.3, 0.4) is 0 Å². The number of thioether (sulfide) groups is 1. The van der Waals surface area contributed by atoms with E-state index in [0.29, 0.717) is 56.0 Å². The number of anilines is 1. The lowest BCUT2D eigenvalue weighted by molar-refractivity contribution is 0.632. The summed E-state index contributed by atoms with van der Waals surface area (Å²) >= 11 is 7.86. The fraction of sp³-hybridized carbons (Fsp3) is 0.231. The van der Waals surface area contributed by atoms with Gasteiger partial charge in [-0.25, -0.2) is 19.9 Å². The number of H-pyrrole nitrogens is 1. The maximum Gasteiger partial charge on any atom is 0.267 e. The highest BCUT2D eigenvalue weighted by Crippen LogP contribution is 2.38. The van der Waals surface area contributed by atoms with Gasteiger partial charge in [0.05, 0.1) is 34.0 Å². The molecule has 3 aromatic heterocycles. The molecule has 0 aliphatic carbocycles. The van der Waals surface area contributed by atoms with Crippen molar-refractivity contribution >= 4 is 51.1 Å². The Morgan fingerprint density at radius 3 is 2.73 bits per heavy atom. The molecule has 0 amide bonds. The molecule has 1 fully saturated rings. The number of fused-ring (bicyclic) bond motifs is 2. The highest BCUT2D eigenvalue weighted by Gasteiger charge is 2.34. The zero-order chi connectivity index (χ0) is 25.7. The molecule has 2 aromatic carbocycles. The summed E-state index contributed by atoms with van der Waals surface area (Å²) in [5.41, 5.74) is 2.03. The Bertz CT molecular complexity index is 1800. The fourth-order valence-corrected chi connectivity index (χ4v) is 5.58. The SMILES string of the molecule is CSc1nc(N2CCC[C@H]2c2nc3cccc(Cl)c3c(=O)n2-c2cccc(C)c2)c2c(=O)[nH]cnc2n1. The molecular formula is C26H22ClN7O2S. The quantitative estimate of drug-likeness (QED) is 0.268. The molecule has 5 aromatic rings. The van der Waals surface area contributed by atoms with Crippen molar-refractivity contribution in [1.82, 2.24) is 29.5 Å². The molecule has 9 nitrogen and oxygen atoms in total. The zero-order valence-electron chi connectivity index (χ0n) is 20.1. The van der Waals surface area contributed by atoms with Gasteiger partial charge in [-0.1, -0.05) is 41.6 Å². The second-order valence-electron chi connectivity index (χ2n) is 8.90. The number of halogens is 1. The van der Waals surface area contributed by atoms with Crippen molar-refractivity contribution in [2.75, 3.05) is 17.7 Å². The number of aromatic nitrogens is 6. The van der Waals surface area contributed by atoms with Gasteiger partial charge in [-0.15, -0.1) is 0 Å². The van der Waals surface area contributed by atoms with Crippen LogP contribution in [0.5, 0.6) is 0 Å². The molecule has 186 valence electrons. The second-order valence-corrected chi connectivity index (χ2v) is 10.1. The normalized spacial score (nSPS) is 15.6. The highest BCUT2D eigenvalue weighted by atomic mass is 35.5. The van der Waals surface area contributed by atoms with E-state index in [4.69, 9.17) is 21.6 Å². The van der Waals surface area contributed by atoms with Crippen molar-refractivity contribution in [3.8, 4) is 5.69 Å². The van der Waals surface area contributed by atoms with Crippen LogP contribution in [-0.4, -0.2) is 42.3 Å². The van der Waals surface area contributed by atoms with E-state index in [2.05, 4.69) is 15.0 Å². The largest absolute Gasteiger partial charge is 0.346 e. The summed E-state index contributed by atoms with van der Waals surface area (Å²) < 4.78 is 1.64. The van der Waals surface area contributed by atoms with E-state index in [1.165, 1.54) is 18.1 Å². The summed E-state index contributed by atoms with van der Waals surface area (Å²) in [5, 5.41) is 1.56. The van der Waals surface area contributed by atoms with E-state index < -0.39 is 0 Å². The second kappa shape index (κ2) is 9.28. The summed E-state index contributed by atoms with van der Waals surface area (Å²) in [6.45, 7) is 2.62. The topological polar surface area (TPSA) is 110 Å². The smallest absolute Gasteiger partial charge is 0.267 e. The molecule has 4 heterocycles. The maximum atomic E-state index is 14.0. The molecule has 1 aliphatic heterocycles. The van der Waals surface area contributed by atoms with Gasteiger partial charge in [-0.2, -0.15) is 0 Å². The minimum absolute atomic E-state index is 0.236. The van der Waals surface area contributed by atoms with Crippen molar-refractivity contribution in [3.63, 3.8) is 0 Å². The van der Waals surface area contributed by atoms with Gasteiger partial charge >= 0.3 is 0 Å². The Morgan fingerprint density at radius 1 is 1.08 bits per heavy atom. The van der Waals surface area contributed by atoms with Crippen LogP contribution >= 0.6 is 23.4 Å². The number of hydrogen-bond donors (Lipinski definition) is 1. The van der Waals surface area contributed by atoms with Gasteiger partial charge in [0.25, 0.3) is 11.1 Å². The fourth-order valence-electron chi connectivity index (χ4n) is 4.97. The van der Waals surface area contributed by atoms with Gasteiger partial charge in [0.2, 0.25) is 0 Å². The van der Waals surface area contributed by atoms with Crippen LogP contribution in [0, 0.1) is 6.92 Å². The Labute approximate surface area is 220 Å². The highest BCUT2D eigenvalue weighted by molar-refractivity contribution is 7.98. The first-order valence-corrected chi connectivity index (χ1v) is 13.4. The molecule has 37 heavy (non-hydrogen) atoms.